The number of anilines is 1. The smallest absolute Gasteiger partial charge is 0.255 e. The number of hydrogen-bond donors (Lipinski definition) is 1. The molecule has 3 aromatic rings. The Morgan fingerprint density at radius 3 is 2.24 bits per heavy atom. The first kappa shape index (κ1) is 21.0. The molecule has 2 amide bonds. The van der Waals surface area contributed by atoms with E-state index in [9.17, 15) is 9.59 Å². The standard InChI is InChI=1S/C22H21Cl2N3O2/c1-14-12-17(15(2)27(14)16-8-5-4-6-9-16)22(29)26(3)13-20(28)25-21-18(23)10-7-11-19(21)24/h4-12H,13H2,1-3H3,(H,25,28). The van der Waals surface area contributed by atoms with Crippen molar-refractivity contribution in [1.82, 2.24) is 9.47 Å². The topological polar surface area (TPSA) is 54.3 Å². The van der Waals surface area contributed by atoms with Crippen LogP contribution >= 0.6 is 23.2 Å². The van der Waals surface area contributed by atoms with Crippen LogP contribution in [0.4, 0.5) is 5.69 Å². The van der Waals surface area contributed by atoms with Gasteiger partial charge in [0.15, 0.2) is 0 Å². The number of rotatable bonds is 5. The van der Waals surface area contributed by atoms with E-state index in [-0.39, 0.29) is 18.4 Å². The van der Waals surface area contributed by atoms with Crippen LogP contribution < -0.4 is 5.32 Å². The van der Waals surface area contributed by atoms with Gasteiger partial charge in [0.25, 0.3) is 5.91 Å². The fourth-order valence-electron chi connectivity index (χ4n) is 3.24. The lowest BCUT2D eigenvalue weighted by Gasteiger charge is -2.18. The molecule has 0 spiro atoms. The van der Waals surface area contributed by atoms with Gasteiger partial charge in [-0.15, -0.1) is 0 Å². The van der Waals surface area contributed by atoms with Gasteiger partial charge in [-0.2, -0.15) is 0 Å². The first-order valence-electron chi connectivity index (χ1n) is 9.03. The molecule has 150 valence electrons. The minimum absolute atomic E-state index is 0.130. The van der Waals surface area contributed by atoms with E-state index >= 15 is 0 Å². The number of aromatic nitrogens is 1. The van der Waals surface area contributed by atoms with E-state index in [4.69, 9.17) is 23.2 Å². The fraction of sp³-hybridized carbons (Fsp3) is 0.182. The van der Waals surface area contributed by atoms with Crippen molar-refractivity contribution >= 4 is 40.7 Å². The van der Waals surface area contributed by atoms with Crippen molar-refractivity contribution in [3.63, 3.8) is 0 Å². The van der Waals surface area contributed by atoms with E-state index in [2.05, 4.69) is 5.32 Å². The molecule has 0 saturated carbocycles. The molecular weight excluding hydrogens is 409 g/mol. The molecule has 0 saturated heterocycles. The van der Waals surface area contributed by atoms with Crippen LogP contribution in [-0.4, -0.2) is 34.9 Å². The second kappa shape index (κ2) is 8.72. The van der Waals surface area contributed by atoms with Crippen molar-refractivity contribution in [1.29, 1.82) is 0 Å². The third-order valence-corrected chi connectivity index (χ3v) is 5.26. The maximum atomic E-state index is 13.0. The number of nitrogens with zero attached hydrogens (tertiary/aromatic N) is 2. The fourth-order valence-corrected chi connectivity index (χ4v) is 3.73. The molecule has 1 aromatic heterocycles. The summed E-state index contributed by atoms with van der Waals surface area (Å²) in [6.07, 6.45) is 0. The van der Waals surface area contributed by atoms with Gasteiger partial charge >= 0.3 is 0 Å². The van der Waals surface area contributed by atoms with Crippen LogP contribution in [-0.2, 0) is 4.79 Å². The van der Waals surface area contributed by atoms with Crippen molar-refractivity contribution < 1.29 is 9.59 Å². The van der Waals surface area contributed by atoms with Crippen LogP contribution in [0.15, 0.2) is 54.6 Å². The van der Waals surface area contributed by atoms with Gasteiger partial charge in [-0.3, -0.25) is 9.59 Å². The lowest BCUT2D eigenvalue weighted by Crippen LogP contribution is -2.35. The summed E-state index contributed by atoms with van der Waals surface area (Å²) in [6.45, 7) is 3.71. The summed E-state index contributed by atoms with van der Waals surface area (Å²) in [5.41, 5.74) is 3.63. The molecule has 0 fully saturated rings. The SMILES string of the molecule is Cc1cc(C(=O)N(C)CC(=O)Nc2c(Cl)cccc2Cl)c(C)n1-c1ccccc1. The predicted octanol–water partition coefficient (Wildman–Crippen LogP) is 5.11. The number of amides is 2. The molecule has 5 nitrogen and oxygen atoms in total. The van der Waals surface area contributed by atoms with E-state index in [1.54, 1.807) is 25.2 Å². The summed E-state index contributed by atoms with van der Waals surface area (Å²) in [6, 6.07) is 16.6. The highest BCUT2D eigenvalue weighted by atomic mass is 35.5. The molecule has 1 N–H and O–H groups in total. The summed E-state index contributed by atoms with van der Waals surface area (Å²) in [5, 5.41) is 3.35. The van der Waals surface area contributed by atoms with Crippen molar-refractivity contribution in [2.45, 2.75) is 13.8 Å². The first-order valence-corrected chi connectivity index (χ1v) is 9.79. The highest BCUT2D eigenvalue weighted by molar-refractivity contribution is 6.39. The highest BCUT2D eigenvalue weighted by Crippen LogP contribution is 2.29. The Morgan fingerprint density at radius 1 is 1.00 bits per heavy atom. The molecule has 0 aliphatic carbocycles. The molecule has 0 bridgehead atoms. The molecule has 0 atom stereocenters. The Balaban J connectivity index is 1.76. The van der Waals surface area contributed by atoms with Gasteiger partial charge < -0.3 is 14.8 Å². The quantitative estimate of drug-likeness (QED) is 0.612. The zero-order valence-corrected chi connectivity index (χ0v) is 17.9. The summed E-state index contributed by atoms with van der Waals surface area (Å²) in [5.74, 6) is -0.617. The number of carbonyl (C=O) groups is 2. The minimum Gasteiger partial charge on any atom is -0.332 e. The lowest BCUT2D eigenvalue weighted by atomic mass is 10.2. The molecule has 0 unspecified atom stereocenters. The maximum absolute atomic E-state index is 13.0. The zero-order chi connectivity index (χ0) is 21.1. The van der Waals surface area contributed by atoms with E-state index in [0.717, 1.165) is 17.1 Å². The van der Waals surface area contributed by atoms with Crippen LogP contribution in [0, 0.1) is 13.8 Å². The number of para-hydroxylation sites is 2. The Morgan fingerprint density at radius 2 is 1.62 bits per heavy atom. The second-order valence-electron chi connectivity index (χ2n) is 6.76. The molecular formula is C22H21Cl2N3O2. The zero-order valence-electron chi connectivity index (χ0n) is 16.4. The van der Waals surface area contributed by atoms with Crippen molar-refractivity contribution in [2.24, 2.45) is 0 Å². The molecule has 0 aliphatic rings. The molecule has 7 heteroatoms. The Kier molecular flexibility index (Phi) is 6.30. The summed E-state index contributed by atoms with van der Waals surface area (Å²) in [4.78, 5) is 26.8. The van der Waals surface area contributed by atoms with Crippen LogP contribution in [0.2, 0.25) is 10.0 Å². The third kappa shape index (κ3) is 4.47. The Labute approximate surface area is 179 Å². The van der Waals surface area contributed by atoms with Crippen LogP contribution in [0.25, 0.3) is 5.69 Å². The average molecular weight is 430 g/mol. The lowest BCUT2D eigenvalue weighted by molar-refractivity contribution is -0.116. The van der Waals surface area contributed by atoms with Crippen LogP contribution in [0.5, 0.6) is 0 Å². The number of aryl methyl sites for hydroxylation is 1. The van der Waals surface area contributed by atoms with Crippen molar-refractivity contribution in [3.05, 3.63) is 81.6 Å². The second-order valence-corrected chi connectivity index (χ2v) is 7.58. The number of carbonyl (C=O) groups excluding carboxylic acids is 2. The van der Waals surface area contributed by atoms with Gasteiger partial charge in [0, 0.05) is 24.1 Å². The van der Waals surface area contributed by atoms with Crippen LogP contribution in [0.1, 0.15) is 21.7 Å². The Bertz CT molecular complexity index is 1040. The van der Waals surface area contributed by atoms with Gasteiger partial charge in [-0.1, -0.05) is 47.5 Å². The number of nitrogens with one attached hydrogen (secondary N) is 1. The van der Waals surface area contributed by atoms with E-state index in [1.165, 1.54) is 4.90 Å². The van der Waals surface area contributed by atoms with Gasteiger partial charge in [-0.25, -0.2) is 0 Å². The summed E-state index contributed by atoms with van der Waals surface area (Å²) in [7, 11) is 1.59. The predicted molar refractivity (Wildman–Crippen MR) is 117 cm³/mol. The average Bonchev–Trinajstić information content (AvgIpc) is 2.99. The largest absolute Gasteiger partial charge is 0.332 e. The van der Waals surface area contributed by atoms with Crippen LogP contribution in [0.3, 0.4) is 0 Å². The van der Waals surface area contributed by atoms with Gasteiger partial charge in [0.1, 0.15) is 0 Å². The summed E-state index contributed by atoms with van der Waals surface area (Å²) >= 11 is 12.2. The first-order chi connectivity index (χ1) is 13.8. The van der Waals surface area contributed by atoms with E-state index in [0.29, 0.717) is 21.3 Å². The molecule has 1 heterocycles. The van der Waals surface area contributed by atoms with Gasteiger partial charge in [0.05, 0.1) is 27.8 Å². The summed E-state index contributed by atoms with van der Waals surface area (Å²) < 4.78 is 2.02. The number of hydrogen-bond acceptors (Lipinski definition) is 2. The van der Waals surface area contributed by atoms with E-state index < -0.39 is 0 Å². The van der Waals surface area contributed by atoms with E-state index in [1.807, 2.05) is 54.8 Å². The van der Waals surface area contributed by atoms with Crippen molar-refractivity contribution in [3.8, 4) is 5.69 Å². The van der Waals surface area contributed by atoms with Gasteiger partial charge in [0.2, 0.25) is 5.91 Å². The minimum atomic E-state index is -0.382. The molecule has 0 radical (unpaired) electrons. The molecule has 3 rings (SSSR count). The van der Waals surface area contributed by atoms with Crippen molar-refractivity contribution in [2.75, 3.05) is 18.9 Å². The number of benzene rings is 2. The number of halogens is 2. The third-order valence-electron chi connectivity index (χ3n) is 4.63. The monoisotopic (exact) mass is 429 g/mol. The molecule has 2 aromatic carbocycles. The number of likely N-dealkylation sites (N-methyl/N-ethyl adjacent to an activating group) is 1. The highest BCUT2D eigenvalue weighted by Gasteiger charge is 2.21. The molecule has 0 aliphatic heterocycles. The molecule has 29 heavy (non-hydrogen) atoms. The Hall–Kier alpha value is -2.76. The maximum Gasteiger partial charge on any atom is 0.255 e. The normalized spacial score (nSPS) is 10.7. The van der Waals surface area contributed by atoms with Gasteiger partial charge in [-0.05, 0) is 44.2 Å².